The van der Waals surface area contributed by atoms with Crippen molar-refractivity contribution < 1.29 is 4.74 Å². The summed E-state index contributed by atoms with van der Waals surface area (Å²) in [5, 5.41) is 2.58. The zero-order valence-electron chi connectivity index (χ0n) is 27.7. The third-order valence-electron chi connectivity index (χ3n) is 11.8. The lowest BCUT2D eigenvalue weighted by Gasteiger charge is -2.38. The molecule has 8 aromatic rings. The van der Waals surface area contributed by atoms with Crippen LogP contribution < -0.4 is 4.74 Å². The number of fused-ring (bicyclic) bond motifs is 14. The Morgan fingerprint density at radius 2 is 1.00 bits per heavy atom. The number of hydrogen-bond acceptors (Lipinski definition) is 1. The molecule has 0 fully saturated rings. The van der Waals surface area contributed by atoms with Gasteiger partial charge in [0.15, 0.2) is 0 Å². The van der Waals surface area contributed by atoms with Crippen molar-refractivity contribution in [2.75, 3.05) is 0 Å². The van der Waals surface area contributed by atoms with E-state index in [1.165, 1.54) is 83.1 Å². The fourth-order valence-corrected chi connectivity index (χ4v) is 9.59. The Labute approximate surface area is 292 Å². The second-order valence-electron chi connectivity index (χ2n) is 14.1. The average molecular weight is 637 g/mol. The third-order valence-corrected chi connectivity index (χ3v) is 11.8. The Morgan fingerprint density at radius 1 is 0.400 bits per heavy atom. The van der Waals surface area contributed by atoms with Gasteiger partial charge in [0.05, 0.1) is 5.41 Å². The van der Waals surface area contributed by atoms with Crippen molar-refractivity contribution >= 4 is 10.8 Å². The van der Waals surface area contributed by atoms with Crippen molar-refractivity contribution in [3.63, 3.8) is 0 Å². The van der Waals surface area contributed by atoms with Crippen molar-refractivity contribution in [3.05, 3.63) is 215 Å². The van der Waals surface area contributed by atoms with E-state index in [0.29, 0.717) is 0 Å². The highest BCUT2D eigenvalue weighted by molar-refractivity contribution is 6.06. The highest BCUT2D eigenvalue weighted by atomic mass is 16.5. The molecular formula is C49H32O. The van der Waals surface area contributed by atoms with Crippen LogP contribution >= 0.6 is 0 Å². The van der Waals surface area contributed by atoms with E-state index in [2.05, 4.69) is 183 Å². The molecule has 1 heteroatoms. The van der Waals surface area contributed by atoms with E-state index in [4.69, 9.17) is 4.74 Å². The molecule has 8 aromatic carbocycles. The van der Waals surface area contributed by atoms with Gasteiger partial charge in [0.1, 0.15) is 11.5 Å². The van der Waals surface area contributed by atoms with Gasteiger partial charge in [0.25, 0.3) is 0 Å². The van der Waals surface area contributed by atoms with Crippen molar-refractivity contribution in [1.82, 2.24) is 0 Å². The Balaban J connectivity index is 1.18. The first-order valence-corrected chi connectivity index (χ1v) is 17.5. The predicted molar refractivity (Wildman–Crippen MR) is 204 cm³/mol. The molecule has 50 heavy (non-hydrogen) atoms. The number of rotatable bonds is 2. The highest BCUT2D eigenvalue weighted by Crippen LogP contribution is 2.64. The van der Waals surface area contributed by atoms with Crippen LogP contribution in [0.5, 0.6) is 11.5 Å². The average Bonchev–Trinajstić information content (AvgIpc) is 3.65. The van der Waals surface area contributed by atoms with Crippen molar-refractivity contribution in [1.29, 1.82) is 0 Å². The smallest absolute Gasteiger partial charge is 0.131 e. The van der Waals surface area contributed by atoms with Gasteiger partial charge < -0.3 is 4.74 Å². The van der Waals surface area contributed by atoms with Gasteiger partial charge in [-0.25, -0.2) is 0 Å². The number of para-hydroxylation sites is 1. The molecule has 0 saturated carbocycles. The number of hydrogen-bond donors (Lipinski definition) is 0. The Bertz CT molecular complexity index is 2660. The van der Waals surface area contributed by atoms with Crippen LogP contribution in [0, 0.1) is 0 Å². The number of benzene rings is 8. The van der Waals surface area contributed by atoms with Gasteiger partial charge in [-0.1, -0.05) is 152 Å². The molecular weight excluding hydrogens is 605 g/mol. The van der Waals surface area contributed by atoms with Crippen LogP contribution in [-0.4, -0.2) is 0 Å². The molecule has 0 saturated heterocycles. The van der Waals surface area contributed by atoms with E-state index < -0.39 is 5.41 Å². The first-order valence-electron chi connectivity index (χ1n) is 17.5. The molecule has 0 N–H and O–H groups in total. The van der Waals surface area contributed by atoms with Crippen LogP contribution in [0.15, 0.2) is 176 Å². The third kappa shape index (κ3) is 3.42. The molecule has 234 valence electrons. The number of ether oxygens (including phenoxy) is 1. The first-order chi connectivity index (χ1) is 24.7. The normalized spacial score (nSPS) is 16.9. The minimum Gasteiger partial charge on any atom is -0.457 e. The SMILES string of the molecule is CC1(c2ccccc2)c2ccccc2Oc2ccc(-c3ccc4c(c3)C3(c5ccccc5-c5ccccc53)c3ccc5ccccc5c3-4)cc21. The van der Waals surface area contributed by atoms with Gasteiger partial charge in [-0.05, 0) is 103 Å². The Morgan fingerprint density at radius 3 is 1.78 bits per heavy atom. The molecule has 1 heterocycles. The van der Waals surface area contributed by atoms with Crippen LogP contribution in [0.2, 0.25) is 0 Å². The van der Waals surface area contributed by atoms with Gasteiger partial charge in [-0.3, -0.25) is 0 Å². The molecule has 11 rings (SSSR count). The van der Waals surface area contributed by atoms with Crippen molar-refractivity contribution in [3.8, 4) is 44.9 Å². The van der Waals surface area contributed by atoms with Crippen LogP contribution in [-0.2, 0) is 10.8 Å². The summed E-state index contributed by atoms with van der Waals surface area (Å²) in [6, 6.07) is 65.0. The summed E-state index contributed by atoms with van der Waals surface area (Å²) in [4.78, 5) is 0. The van der Waals surface area contributed by atoms with Gasteiger partial charge in [-0.15, -0.1) is 0 Å². The first kappa shape index (κ1) is 27.7. The molecule has 1 aliphatic heterocycles. The van der Waals surface area contributed by atoms with Gasteiger partial charge in [0.2, 0.25) is 0 Å². The van der Waals surface area contributed by atoms with E-state index in [1.54, 1.807) is 0 Å². The molecule has 3 aliphatic rings. The lowest BCUT2D eigenvalue weighted by molar-refractivity contribution is 0.427. The molecule has 0 aromatic heterocycles. The van der Waals surface area contributed by atoms with E-state index >= 15 is 0 Å². The zero-order valence-corrected chi connectivity index (χ0v) is 27.7. The molecule has 0 radical (unpaired) electrons. The van der Waals surface area contributed by atoms with Crippen LogP contribution in [0.4, 0.5) is 0 Å². The summed E-state index contributed by atoms with van der Waals surface area (Å²) < 4.78 is 6.60. The van der Waals surface area contributed by atoms with E-state index in [0.717, 1.165) is 11.5 Å². The second-order valence-corrected chi connectivity index (χ2v) is 14.1. The van der Waals surface area contributed by atoms with Gasteiger partial charge in [0, 0.05) is 16.5 Å². The van der Waals surface area contributed by atoms with Crippen LogP contribution in [0.1, 0.15) is 45.9 Å². The molecule has 0 amide bonds. The molecule has 1 atom stereocenters. The largest absolute Gasteiger partial charge is 0.457 e. The van der Waals surface area contributed by atoms with E-state index in [9.17, 15) is 0 Å². The van der Waals surface area contributed by atoms with Crippen LogP contribution in [0.25, 0.3) is 44.2 Å². The topological polar surface area (TPSA) is 9.23 Å². The quantitative estimate of drug-likeness (QED) is 0.183. The second kappa shape index (κ2) is 9.94. The minimum absolute atomic E-state index is 0.377. The molecule has 1 spiro atoms. The molecule has 1 unspecified atom stereocenters. The van der Waals surface area contributed by atoms with Crippen molar-refractivity contribution in [2.45, 2.75) is 17.8 Å². The summed E-state index contributed by atoms with van der Waals surface area (Å²) in [5.41, 5.74) is 16.0. The lowest BCUT2D eigenvalue weighted by Crippen LogP contribution is -2.29. The fraction of sp³-hybridized carbons (Fsp3) is 0.0612. The summed E-state index contributed by atoms with van der Waals surface area (Å²) in [5.74, 6) is 1.83. The predicted octanol–water partition coefficient (Wildman–Crippen LogP) is 12.3. The van der Waals surface area contributed by atoms with Crippen LogP contribution in [0.3, 0.4) is 0 Å². The maximum Gasteiger partial charge on any atom is 0.131 e. The summed E-state index contributed by atoms with van der Waals surface area (Å²) >= 11 is 0. The monoisotopic (exact) mass is 636 g/mol. The molecule has 0 bridgehead atoms. The maximum atomic E-state index is 6.60. The molecule has 1 nitrogen and oxygen atoms in total. The maximum absolute atomic E-state index is 6.60. The lowest BCUT2D eigenvalue weighted by atomic mass is 9.68. The summed E-state index contributed by atoms with van der Waals surface area (Å²) in [6.07, 6.45) is 0. The van der Waals surface area contributed by atoms with E-state index in [1.807, 2.05) is 0 Å². The standard InChI is InChI=1S/C49H32O/c1-48(34-14-3-2-4-15-34)41-21-11-12-22-45(41)50-46-28-25-33(30-44(46)48)32-23-26-38-43(29-32)49(42-27-24-31-13-5-6-16-35(31)47(38)42)39-19-9-7-17-36(39)37-18-8-10-20-40(37)49/h2-30H,1H3. The van der Waals surface area contributed by atoms with E-state index in [-0.39, 0.29) is 5.41 Å². The Kier molecular flexibility index (Phi) is 5.51. The fourth-order valence-electron chi connectivity index (χ4n) is 9.59. The highest BCUT2D eigenvalue weighted by Gasteiger charge is 2.52. The zero-order chi connectivity index (χ0) is 33.0. The Hall–Kier alpha value is -6.18. The summed E-state index contributed by atoms with van der Waals surface area (Å²) in [7, 11) is 0. The van der Waals surface area contributed by atoms with Gasteiger partial charge >= 0.3 is 0 Å². The molecule has 2 aliphatic carbocycles. The summed E-state index contributed by atoms with van der Waals surface area (Å²) in [6.45, 7) is 2.35. The van der Waals surface area contributed by atoms with Gasteiger partial charge in [-0.2, -0.15) is 0 Å². The minimum atomic E-state index is -0.410. The van der Waals surface area contributed by atoms with Crippen molar-refractivity contribution in [2.24, 2.45) is 0 Å².